The second-order valence-corrected chi connectivity index (χ2v) is 5.81. The minimum Gasteiger partial charge on any atom is -0.382 e. The van der Waals surface area contributed by atoms with E-state index >= 15 is 0 Å². The Morgan fingerprint density at radius 3 is 2.75 bits per heavy atom. The number of aryl methyl sites for hydroxylation is 2. The van der Waals surface area contributed by atoms with Gasteiger partial charge in [0.25, 0.3) is 5.56 Å². The van der Waals surface area contributed by atoms with Crippen molar-refractivity contribution in [1.29, 1.82) is 0 Å². The van der Waals surface area contributed by atoms with E-state index in [9.17, 15) is 4.79 Å². The maximum Gasteiger partial charge on any atom is 0.269 e. The molecular formula is C13H19N5OS. The second kappa shape index (κ2) is 6.62. The maximum atomic E-state index is 12.0. The highest BCUT2D eigenvalue weighted by molar-refractivity contribution is 7.11. The fourth-order valence-corrected chi connectivity index (χ4v) is 2.63. The van der Waals surface area contributed by atoms with E-state index in [0.29, 0.717) is 6.54 Å². The van der Waals surface area contributed by atoms with Crippen LogP contribution in [-0.4, -0.2) is 34.9 Å². The Balaban J connectivity index is 2.07. The standard InChI is InChI=1S/C13H19N5OS/c1-9-10(2)20-12(17-9)8-18-13(19)6-11(7-16-18)15-5-4-14-3/h6-7,14-15H,4-5,8H2,1-3H3. The number of anilines is 1. The highest BCUT2D eigenvalue weighted by Crippen LogP contribution is 2.16. The van der Waals surface area contributed by atoms with E-state index in [1.807, 2.05) is 20.9 Å². The van der Waals surface area contributed by atoms with Gasteiger partial charge in [0, 0.05) is 24.0 Å². The molecule has 2 N–H and O–H groups in total. The zero-order valence-corrected chi connectivity index (χ0v) is 12.8. The molecule has 2 heterocycles. The van der Waals surface area contributed by atoms with Gasteiger partial charge in [0.2, 0.25) is 0 Å². The van der Waals surface area contributed by atoms with E-state index < -0.39 is 0 Å². The maximum absolute atomic E-state index is 12.0. The van der Waals surface area contributed by atoms with Crippen LogP contribution in [-0.2, 0) is 6.54 Å². The molecule has 0 atom stereocenters. The normalized spacial score (nSPS) is 10.8. The third kappa shape index (κ3) is 3.64. The number of hydrogen-bond donors (Lipinski definition) is 2. The Bertz CT molecular complexity index is 614. The Labute approximate surface area is 121 Å². The van der Waals surface area contributed by atoms with Crippen molar-refractivity contribution in [2.24, 2.45) is 0 Å². The smallest absolute Gasteiger partial charge is 0.269 e. The third-order valence-corrected chi connectivity index (χ3v) is 3.99. The van der Waals surface area contributed by atoms with Crippen molar-refractivity contribution < 1.29 is 0 Å². The van der Waals surface area contributed by atoms with Gasteiger partial charge >= 0.3 is 0 Å². The largest absolute Gasteiger partial charge is 0.382 e. The molecule has 7 heteroatoms. The SMILES string of the molecule is CNCCNc1cnn(Cc2nc(C)c(C)s2)c(=O)c1. The summed E-state index contributed by atoms with van der Waals surface area (Å²) in [6.45, 7) is 6.02. The quantitative estimate of drug-likeness (QED) is 0.777. The summed E-state index contributed by atoms with van der Waals surface area (Å²) in [7, 11) is 1.88. The van der Waals surface area contributed by atoms with Crippen LogP contribution >= 0.6 is 11.3 Å². The molecule has 0 saturated heterocycles. The first-order valence-corrected chi connectivity index (χ1v) is 7.30. The van der Waals surface area contributed by atoms with Crippen LogP contribution in [0.3, 0.4) is 0 Å². The van der Waals surface area contributed by atoms with Crippen molar-refractivity contribution in [3.8, 4) is 0 Å². The van der Waals surface area contributed by atoms with Crippen LogP contribution in [0.15, 0.2) is 17.1 Å². The van der Waals surface area contributed by atoms with Crippen LogP contribution in [0.5, 0.6) is 0 Å². The fraction of sp³-hybridized carbons (Fsp3) is 0.462. The van der Waals surface area contributed by atoms with Gasteiger partial charge in [-0.1, -0.05) is 0 Å². The van der Waals surface area contributed by atoms with Crippen molar-refractivity contribution in [1.82, 2.24) is 20.1 Å². The van der Waals surface area contributed by atoms with Crippen LogP contribution in [0.25, 0.3) is 0 Å². The third-order valence-electron chi connectivity index (χ3n) is 2.93. The van der Waals surface area contributed by atoms with Crippen LogP contribution in [0.4, 0.5) is 5.69 Å². The summed E-state index contributed by atoms with van der Waals surface area (Å²) in [5.74, 6) is 0. The molecule has 2 aromatic heterocycles. The lowest BCUT2D eigenvalue weighted by atomic mass is 10.4. The molecule has 0 spiro atoms. The van der Waals surface area contributed by atoms with Gasteiger partial charge in [-0.2, -0.15) is 5.10 Å². The Morgan fingerprint density at radius 2 is 2.15 bits per heavy atom. The molecule has 0 aliphatic heterocycles. The number of nitrogens with zero attached hydrogens (tertiary/aromatic N) is 3. The first kappa shape index (κ1) is 14.7. The predicted molar refractivity (Wildman–Crippen MR) is 81.6 cm³/mol. The summed E-state index contributed by atoms with van der Waals surface area (Å²) in [6, 6.07) is 1.57. The molecule has 0 aliphatic carbocycles. The molecule has 0 unspecified atom stereocenters. The molecule has 2 rings (SSSR count). The summed E-state index contributed by atoms with van der Waals surface area (Å²) < 4.78 is 1.43. The average Bonchev–Trinajstić information content (AvgIpc) is 2.72. The molecule has 0 aliphatic rings. The molecule has 0 aromatic carbocycles. The van der Waals surface area contributed by atoms with Gasteiger partial charge in [0.05, 0.1) is 24.1 Å². The van der Waals surface area contributed by atoms with Gasteiger partial charge in [-0.15, -0.1) is 11.3 Å². The summed E-state index contributed by atoms with van der Waals surface area (Å²) in [6.07, 6.45) is 1.67. The average molecular weight is 293 g/mol. The zero-order valence-electron chi connectivity index (χ0n) is 11.9. The Hall–Kier alpha value is -1.73. The van der Waals surface area contributed by atoms with Gasteiger partial charge in [0.1, 0.15) is 5.01 Å². The molecule has 0 fully saturated rings. The lowest BCUT2D eigenvalue weighted by Crippen LogP contribution is -2.24. The highest BCUT2D eigenvalue weighted by atomic mass is 32.1. The van der Waals surface area contributed by atoms with Crippen molar-refractivity contribution in [3.63, 3.8) is 0 Å². The number of nitrogens with one attached hydrogen (secondary N) is 2. The number of thiazole rings is 1. The van der Waals surface area contributed by atoms with Crippen LogP contribution < -0.4 is 16.2 Å². The van der Waals surface area contributed by atoms with Crippen molar-refractivity contribution in [3.05, 3.63) is 38.2 Å². The van der Waals surface area contributed by atoms with E-state index in [2.05, 4.69) is 20.7 Å². The van der Waals surface area contributed by atoms with E-state index in [1.54, 1.807) is 23.6 Å². The van der Waals surface area contributed by atoms with Crippen LogP contribution in [0.2, 0.25) is 0 Å². The second-order valence-electron chi connectivity index (χ2n) is 4.52. The monoisotopic (exact) mass is 293 g/mol. The number of rotatable bonds is 6. The molecule has 6 nitrogen and oxygen atoms in total. The molecule has 0 radical (unpaired) electrons. The van der Waals surface area contributed by atoms with Gasteiger partial charge in [-0.05, 0) is 20.9 Å². The summed E-state index contributed by atoms with van der Waals surface area (Å²) >= 11 is 1.60. The summed E-state index contributed by atoms with van der Waals surface area (Å²) in [5.41, 5.74) is 1.64. The molecule has 20 heavy (non-hydrogen) atoms. The van der Waals surface area contributed by atoms with Gasteiger partial charge in [0.15, 0.2) is 0 Å². The first-order chi connectivity index (χ1) is 9.60. The van der Waals surface area contributed by atoms with Gasteiger partial charge < -0.3 is 10.6 Å². The van der Waals surface area contributed by atoms with E-state index in [1.165, 1.54) is 9.56 Å². The minimum atomic E-state index is -0.120. The van der Waals surface area contributed by atoms with Crippen LogP contribution in [0.1, 0.15) is 15.6 Å². The van der Waals surface area contributed by atoms with Crippen molar-refractivity contribution in [2.75, 3.05) is 25.5 Å². The number of hydrogen-bond acceptors (Lipinski definition) is 6. The first-order valence-electron chi connectivity index (χ1n) is 6.48. The predicted octanol–water partition coefficient (Wildman–Crippen LogP) is 0.996. The fourth-order valence-electron chi connectivity index (χ4n) is 1.72. The van der Waals surface area contributed by atoms with E-state index in [4.69, 9.17) is 0 Å². The Morgan fingerprint density at radius 1 is 1.35 bits per heavy atom. The van der Waals surface area contributed by atoms with E-state index in [-0.39, 0.29) is 5.56 Å². The van der Waals surface area contributed by atoms with Gasteiger partial charge in [-0.25, -0.2) is 9.67 Å². The summed E-state index contributed by atoms with van der Waals surface area (Å²) in [5, 5.41) is 11.3. The lowest BCUT2D eigenvalue weighted by Gasteiger charge is -2.06. The lowest BCUT2D eigenvalue weighted by molar-refractivity contribution is 0.636. The minimum absolute atomic E-state index is 0.120. The zero-order chi connectivity index (χ0) is 14.5. The Kier molecular flexibility index (Phi) is 4.86. The highest BCUT2D eigenvalue weighted by Gasteiger charge is 2.06. The molecule has 108 valence electrons. The topological polar surface area (TPSA) is 71.8 Å². The molecule has 0 bridgehead atoms. The molecule has 0 saturated carbocycles. The number of likely N-dealkylation sites (N-methyl/N-ethyl adjacent to an activating group) is 1. The van der Waals surface area contributed by atoms with Crippen molar-refractivity contribution in [2.45, 2.75) is 20.4 Å². The van der Waals surface area contributed by atoms with E-state index in [0.717, 1.165) is 29.5 Å². The van der Waals surface area contributed by atoms with Gasteiger partial charge in [-0.3, -0.25) is 4.79 Å². The molecular weight excluding hydrogens is 274 g/mol. The van der Waals surface area contributed by atoms with Crippen LogP contribution in [0, 0.1) is 13.8 Å². The molecule has 2 aromatic rings. The summed E-state index contributed by atoms with van der Waals surface area (Å²) in [4.78, 5) is 17.6. The van der Waals surface area contributed by atoms with Crippen molar-refractivity contribution >= 4 is 17.0 Å². The number of aromatic nitrogens is 3. The molecule has 0 amide bonds.